The highest BCUT2D eigenvalue weighted by molar-refractivity contribution is 5.89. The summed E-state index contributed by atoms with van der Waals surface area (Å²) in [6, 6.07) is 1.50. The molecule has 1 rings (SSSR count). The van der Waals surface area contributed by atoms with Crippen LogP contribution in [0, 0.1) is 0 Å². The molecule has 0 aliphatic heterocycles. The average molecular weight is 241 g/mol. The van der Waals surface area contributed by atoms with Crippen molar-refractivity contribution in [3.63, 3.8) is 0 Å². The maximum Gasteiger partial charge on any atom is 0.337 e. The van der Waals surface area contributed by atoms with Crippen LogP contribution in [0.4, 0.5) is 0 Å². The minimum Gasteiger partial charge on any atom is -0.481 e. The molecule has 0 aromatic carbocycles. The predicted molar refractivity (Wildman–Crippen MR) is 59.0 cm³/mol. The number of nitrogens with zero attached hydrogens (tertiary/aromatic N) is 1. The Balaban J connectivity index is 2.77. The molecule has 6 heteroatoms. The van der Waals surface area contributed by atoms with Crippen molar-refractivity contribution < 1.29 is 24.5 Å². The highest BCUT2D eigenvalue weighted by Crippen LogP contribution is 2.13. The fraction of sp³-hybridized carbons (Fsp3) is 0.455. The van der Waals surface area contributed by atoms with Crippen LogP contribution in [0.25, 0.3) is 0 Å². The maximum absolute atomic E-state index is 10.9. The molecule has 0 spiro atoms. The van der Waals surface area contributed by atoms with Crippen LogP contribution in [0.2, 0.25) is 0 Å². The molecule has 6 nitrogen and oxygen atoms in total. The minimum absolute atomic E-state index is 0.0625. The van der Waals surface area contributed by atoms with E-state index in [4.69, 9.17) is 14.9 Å². The lowest BCUT2D eigenvalue weighted by Crippen LogP contribution is -2.09. The number of methoxy groups -OCH3 is 1. The SMILES string of the molecule is COCc1c(C(=O)O)ccn1CCCC(=O)O. The summed E-state index contributed by atoms with van der Waals surface area (Å²) in [5.41, 5.74) is 0.757. The molecule has 0 unspecified atom stereocenters. The Bertz CT molecular complexity index is 410. The van der Waals surface area contributed by atoms with E-state index in [0.717, 1.165) is 0 Å². The smallest absolute Gasteiger partial charge is 0.337 e. The normalized spacial score (nSPS) is 10.4. The van der Waals surface area contributed by atoms with Crippen molar-refractivity contribution >= 4 is 11.9 Å². The van der Waals surface area contributed by atoms with Crippen LogP contribution in [0.5, 0.6) is 0 Å². The largest absolute Gasteiger partial charge is 0.481 e. The number of carboxylic acid groups (broad SMARTS) is 2. The van der Waals surface area contributed by atoms with E-state index in [2.05, 4.69) is 0 Å². The summed E-state index contributed by atoms with van der Waals surface area (Å²) in [5.74, 6) is -1.86. The van der Waals surface area contributed by atoms with Gasteiger partial charge in [-0.05, 0) is 12.5 Å². The Morgan fingerprint density at radius 3 is 2.65 bits per heavy atom. The van der Waals surface area contributed by atoms with Gasteiger partial charge in [-0.1, -0.05) is 0 Å². The number of carboxylic acids is 2. The quantitative estimate of drug-likeness (QED) is 0.748. The van der Waals surface area contributed by atoms with Gasteiger partial charge >= 0.3 is 11.9 Å². The molecule has 0 fully saturated rings. The Morgan fingerprint density at radius 1 is 1.41 bits per heavy atom. The third kappa shape index (κ3) is 3.60. The fourth-order valence-electron chi connectivity index (χ4n) is 1.61. The first-order valence-electron chi connectivity index (χ1n) is 5.18. The van der Waals surface area contributed by atoms with Gasteiger partial charge in [0.15, 0.2) is 0 Å². The molecule has 0 bridgehead atoms. The predicted octanol–water partition coefficient (Wildman–Crippen LogP) is 1.20. The minimum atomic E-state index is -1.01. The monoisotopic (exact) mass is 241 g/mol. The number of aliphatic carboxylic acids is 1. The fourth-order valence-corrected chi connectivity index (χ4v) is 1.61. The first kappa shape index (κ1) is 13.2. The molecule has 2 N–H and O–H groups in total. The van der Waals surface area contributed by atoms with Crippen LogP contribution in [0.15, 0.2) is 12.3 Å². The van der Waals surface area contributed by atoms with Gasteiger partial charge in [-0.3, -0.25) is 4.79 Å². The first-order valence-corrected chi connectivity index (χ1v) is 5.18. The van der Waals surface area contributed by atoms with E-state index in [1.54, 1.807) is 10.8 Å². The van der Waals surface area contributed by atoms with Crippen molar-refractivity contribution in [2.75, 3.05) is 7.11 Å². The average Bonchev–Trinajstić information content (AvgIpc) is 2.62. The van der Waals surface area contributed by atoms with Gasteiger partial charge in [0.1, 0.15) is 0 Å². The number of carbonyl (C=O) groups is 2. The molecule has 0 aliphatic rings. The van der Waals surface area contributed by atoms with Gasteiger partial charge in [-0.2, -0.15) is 0 Å². The Labute approximate surface area is 98.4 Å². The van der Waals surface area contributed by atoms with Crippen LogP contribution >= 0.6 is 0 Å². The lowest BCUT2D eigenvalue weighted by atomic mass is 10.2. The lowest BCUT2D eigenvalue weighted by molar-refractivity contribution is -0.137. The van der Waals surface area contributed by atoms with Gasteiger partial charge < -0.3 is 19.5 Å². The van der Waals surface area contributed by atoms with Gasteiger partial charge in [0.05, 0.1) is 17.9 Å². The lowest BCUT2D eigenvalue weighted by Gasteiger charge is -2.08. The third-order valence-corrected chi connectivity index (χ3v) is 2.38. The van der Waals surface area contributed by atoms with Crippen molar-refractivity contribution in [1.82, 2.24) is 4.57 Å². The number of aryl methyl sites for hydroxylation is 1. The van der Waals surface area contributed by atoms with E-state index in [1.165, 1.54) is 13.2 Å². The molecular formula is C11H15NO5. The highest BCUT2D eigenvalue weighted by Gasteiger charge is 2.14. The van der Waals surface area contributed by atoms with E-state index >= 15 is 0 Å². The summed E-state index contributed by atoms with van der Waals surface area (Å²) in [4.78, 5) is 21.3. The van der Waals surface area contributed by atoms with Crippen molar-refractivity contribution in [1.29, 1.82) is 0 Å². The Hall–Kier alpha value is -1.82. The molecule has 0 aliphatic carbocycles. The molecule has 0 saturated carbocycles. The number of hydrogen-bond donors (Lipinski definition) is 2. The first-order chi connectivity index (χ1) is 8.06. The van der Waals surface area contributed by atoms with Gasteiger partial charge in [-0.15, -0.1) is 0 Å². The van der Waals surface area contributed by atoms with E-state index in [0.29, 0.717) is 18.7 Å². The molecule has 0 atom stereocenters. The number of aromatic carboxylic acids is 1. The van der Waals surface area contributed by atoms with Gasteiger partial charge in [-0.25, -0.2) is 4.79 Å². The summed E-state index contributed by atoms with van der Waals surface area (Å²) in [6.07, 6.45) is 2.16. The summed E-state index contributed by atoms with van der Waals surface area (Å²) in [7, 11) is 1.49. The molecule has 0 amide bonds. The molecule has 0 radical (unpaired) electrons. The zero-order valence-corrected chi connectivity index (χ0v) is 9.55. The van der Waals surface area contributed by atoms with Crippen LogP contribution in [0.1, 0.15) is 28.9 Å². The van der Waals surface area contributed by atoms with Crippen LogP contribution in [0.3, 0.4) is 0 Å². The topological polar surface area (TPSA) is 88.8 Å². The van der Waals surface area contributed by atoms with E-state index < -0.39 is 11.9 Å². The second-order valence-corrected chi connectivity index (χ2v) is 3.60. The standard InChI is InChI=1S/C11H15NO5/c1-17-7-9-8(11(15)16)4-6-12(9)5-2-3-10(13)14/h4,6H,2-3,5,7H2,1H3,(H,13,14)(H,15,16). The molecule has 0 saturated heterocycles. The number of ether oxygens (including phenoxy) is 1. The third-order valence-electron chi connectivity index (χ3n) is 2.38. The second kappa shape index (κ2) is 6.05. The number of aromatic nitrogens is 1. The molecule has 17 heavy (non-hydrogen) atoms. The van der Waals surface area contributed by atoms with Gasteiger partial charge in [0.25, 0.3) is 0 Å². The zero-order valence-electron chi connectivity index (χ0n) is 9.55. The zero-order chi connectivity index (χ0) is 12.8. The summed E-state index contributed by atoms with van der Waals surface area (Å²) < 4.78 is 6.66. The number of hydrogen-bond acceptors (Lipinski definition) is 3. The van der Waals surface area contributed by atoms with Crippen molar-refractivity contribution in [3.8, 4) is 0 Å². The van der Waals surface area contributed by atoms with Crippen molar-refractivity contribution in [2.24, 2.45) is 0 Å². The summed E-state index contributed by atoms with van der Waals surface area (Å²) in [5, 5.41) is 17.5. The van der Waals surface area contributed by atoms with Gasteiger partial charge in [0, 0.05) is 26.3 Å². The Morgan fingerprint density at radius 2 is 2.12 bits per heavy atom. The second-order valence-electron chi connectivity index (χ2n) is 3.60. The summed E-state index contributed by atoms with van der Waals surface area (Å²) >= 11 is 0. The molecule has 1 heterocycles. The maximum atomic E-state index is 10.9. The Kier molecular flexibility index (Phi) is 4.71. The number of rotatable bonds is 7. The van der Waals surface area contributed by atoms with Crippen LogP contribution in [-0.4, -0.2) is 33.8 Å². The highest BCUT2D eigenvalue weighted by atomic mass is 16.5. The molecule has 94 valence electrons. The van der Waals surface area contributed by atoms with Gasteiger partial charge in [0.2, 0.25) is 0 Å². The van der Waals surface area contributed by atoms with E-state index in [9.17, 15) is 9.59 Å². The van der Waals surface area contributed by atoms with E-state index in [1.807, 2.05) is 0 Å². The van der Waals surface area contributed by atoms with Crippen LogP contribution < -0.4 is 0 Å². The molecule has 1 aromatic heterocycles. The van der Waals surface area contributed by atoms with Crippen LogP contribution in [-0.2, 0) is 22.7 Å². The van der Waals surface area contributed by atoms with Crippen molar-refractivity contribution in [2.45, 2.75) is 26.0 Å². The summed E-state index contributed by atoms with van der Waals surface area (Å²) in [6.45, 7) is 0.667. The van der Waals surface area contributed by atoms with Crippen molar-refractivity contribution in [3.05, 3.63) is 23.5 Å². The molecular weight excluding hydrogens is 226 g/mol. The van der Waals surface area contributed by atoms with E-state index in [-0.39, 0.29) is 18.6 Å². The molecule has 1 aromatic rings.